The Labute approximate surface area is 439 Å². The molecule has 1 fully saturated rings. The molecule has 0 spiro atoms. The van der Waals surface area contributed by atoms with Gasteiger partial charge in [-0.3, -0.25) is 33.6 Å². The third kappa shape index (κ3) is 25.8. The summed E-state index contributed by atoms with van der Waals surface area (Å²) in [6.45, 7) is 18.5. The van der Waals surface area contributed by atoms with Crippen LogP contribution in [0.15, 0.2) is 30.3 Å². The van der Waals surface area contributed by atoms with E-state index in [0.29, 0.717) is 5.56 Å². The Morgan fingerprint density at radius 1 is 0.507 bits per heavy atom. The number of aliphatic hydroxyl groups excluding tert-OH is 1. The summed E-state index contributed by atoms with van der Waals surface area (Å²) in [6.07, 6.45) is -5.42. The zero-order chi connectivity index (χ0) is 56.8. The molecule has 0 saturated carbocycles. The van der Waals surface area contributed by atoms with Crippen molar-refractivity contribution in [1.29, 1.82) is 0 Å². The Morgan fingerprint density at radius 2 is 0.827 bits per heavy atom. The number of rotatable bonds is 16. The molecule has 0 unspecified atom stereocenters. The molecule has 10 amide bonds. The number of ether oxygens (including phenoxy) is 3. The van der Waals surface area contributed by atoms with E-state index >= 15 is 0 Å². The predicted octanol–water partition coefficient (Wildman–Crippen LogP) is 0.156. The fourth-order valence-corrected chi connectivity index (χ4v) is 7.18. The Bertz CT molecular complexity index is 2100. The predicted molar refractivity (Wildman–Crippen MR) is 275 cm³/mol. The summed E-state index contributed by atoms with van der Waals surface area (Å²) in [7, 11) is 0. The van der Waals surface area contributed by atoms with Crippen LogP contribution in [-0.4, -0.2) is 156 Å². The summed E-state index contributed by atoms with van der Waals surface area (Å²) in [5, 5.41) is 36.5. The maximum atomic E-state index is 14.5. The van der Waals surface area contributed by atoms with E-state index in [0.717, 1.165) is 0 Å². The van der Waals surface area contributed by atoms with Crippen LogP contribution in [0.2, 0.25) is 0 Å². The number of alkyl carbamates (subject to hydrolysis) is 3. The molecule has 0 aliphatic carbocycles. The number of benzene rings is 1. The second-order valence-corrected chi connectivity index (χ2v) is 21.6. The van der Waals surface area contributed by atoms with Crippen LogP contribution in [0, 0.1) is 5.92 Å². The molecule has 0 aromatic heterocycles. The van der Waals surface area contributed by atoms with E-state index in [1.165, 1.54) is 6.92 Å². The van der Waals surface area contributed by atoms with Crippen LogP contribution in [0.4, 0.5) is 14.4 Å². The van der Waals surface area contributed by atoms with Crippen molar-refractivity contribution >= 4 is 59.6 Å². The second-order valence-electron chi connectivity index (χ2n) is 21.6. The number of hydrogen-bond donors (Lipinski definition) is 12. The fourth-order valence-electron chi connectivity index (χ4n) is 7.18. The summed E-state index contributed by atoms with van der Waals surface area (Å²) in [4.78, 5) is 138. The van der Waals surface area contributed by atoms with Gasteiger partial charge < -0.3 is 78.2 Å². The van der Waals surface area contributed by atoms with Crippen LogP contribution in [-0.2, 0) is 54.2 Å². The number of nitrogens with one attached hydrogen (secondary N) is 10. The Morgan fingerprint density at radius 3 is 1.19 bits per heavy atom. The van der Waals surface area contributed by atoms with Gasteiger partial charge in [0.15, 0.2) is 0 Å². The first-order valence-electron chi connectivity index (χ1n) is 25.2. The van der Waals surface area contributed by atoms with Crippen molar-refractivity contribution < 1.29 is 67.3 Å². The molecule has 13 N–H and O–H groups in total. The van der Waals surface area contributed by atoms with Crippen LogP contribution in [0.3, 0.4) is 0 Å². The van der Waals surface area contributed by atoms with Gasteiger partial charge in [-0.15, -0.1) is 0 Å². The molecule has 1 aromatic rings. The van der Waals surface area contributed by atoms with Gasteiger partial charge in [0, 0.05) is 26.1 Å². The maximum Gasteiger partial charge on any atom is 0.407 e. The topological polar surface area (TPSA) is 365 Å². The average Bonchev–Trinajstić information content (AvgIpc) is 3.26. The van der Waals surface area contributed by atoms with Crippen molar-refractivity contribution in [3.63, 3.8) is 0 Å². The zero-order valence-electron chi connectivity index (χ0n) is 45.5. The van der Waals surface area contributed by atoms with Gasteiger partial charge in [-0.05, 0) is 119 Å². The number of carbonyl (C=O) groups excluding carboxylic acids is 10. The Balaban J connectivity index is 2.84. The highest BCUT2D eigenvalue weighted by Gasteiger charge is 2.37. The minimum Gasteiger partial charge on any atom is -0.444 e. The summed E-state index contributed by atoms with van der Waals surface area (Å²) >= 11 is 0. The van der Waals surface area contributed by atoms with Crippen LogP contribution in [0.25, 0.3) is 0 Å². The molecule has 1 aliphatic heterocycles. The molecule has 1 aromatic carbocycles. The van der Waals surface area contributed by atoms with Gasteiger partial charge in [-0.1, -0.05) is 44.2 Å². The lowest BCUT2D eigenvalue weighted by atomic mass is 10.00. The van der Waals surface area contributed by atoms with E-state index in [-0.39, 0.29) is 70.6 Å². The van der Waals surface area contributed by atoms with Gasteiger partial charge >= 0.3 is 18.3 Å². The van der Waals surface area contributed by atoms with Crippen molar-refractivity contribution in [3.05, 3.63) is 35.9 Å². The van der Waals surface area contributed by atoms with Gasteiger partial charge in [0.25, 0.3) is 0 Å². The van der Waals surface area contributed by atoms with Crippen LogP contribution in [0.1, 0.15) is 121 Å². The van der Waals surface area contributed by atoms with Gasteiger partial charge in [0.2, 0.25) is 41.4 Å². The minimum absolute atomic E-state index is 0.00868. The van der Waals surface area contributed by atoms with Crippen LogP contribution < -0.4 is 58.9 Å². The molecule has 0 bridgehead atoms. The molecule has 422 valence electrons. The zero-order valence-corrected chi connectivity index (χ0v) is 45.5. The van der Waals surface area contributed by atoms with Crippen molar-refractivity contribution in [2.75, 3.05) is 26.2 Å². The summed E-state index contributed by atoms with van der Waals surface area (Å²) in [5.41, 5.74) is 3.81. The van der Waals surface area contributed by atoms with E-state index in [9.17, 15) is 53.1 Å². The number of carbonyl (C=O) groups is 10. The molecule has 1 heterocycles. The molecule has 0 radical (unpaired) electrons. The molecule has 1 aliphatic rings. The molecule has 2 rings (SSSR count). The normalized spacial score (nSPS) is 22.5. The molecular weight excluding hydrogens is 979 g/mol. The van der Waals surface area contributed by atoms with E-state index in [2.05, 4.69) is 53.2 Å². The van der Waals surface area contributed by atoms with Gasteiger partial charge in [-0.25, -0.2) is 14.4 Å². The summed E-state index contributed by atoms with van der Waals surface area (Å²) < 4.78 is 16.0. The van der Waals surface area contributed by atoms with Crippen molar-refractivity contribution in [2.24, 2.45) is 11.7 Å². The molecule has 75 heavy (non-hydrogen) atoms. The average molecular weight is 1060 g/mol. The highest BCUT2D eigenvalue weighted by atomic mass is 16.6. The first kappa shape index (κ1) is 64.4. The standard InChI is InChI=1S/C50H83N11O14/c1-28(2)26-35-42(67)57-32(19-23-52-45(70)73-48(4,5)6)39(64)56-34(21-25-54-47(72)75-50(10,11)12)41(66)61-37(29(3)62)44(69)58-31(18-22-51)38(63)55-33(20-24-53-46(71)74-49(7,8)9)40(65)60-36(43(68)59-35)27-30-16-14-13-15-17-30/h13-17,28-29,31-37,62H,18-27,51H2,1-12H3,(H,52,70)(H,53,71)(H,54,72)(H,55,63)(H,56,64)(H,57,67)(H,58,69)(H,59,68)(H,60,65)(H,61,66)/t29-,31+,32+,33+,34+,35+,36-,37+/m1/s1. The number of hydrogen-bond acceptors (Lipinski definition) is 15. The Hall–Kier alpha value is -6.76. The number of aliphatic hydroxyl groups is 1. The first-order chi connectivity index (χ1) is 34.8. The minimum atomic E-state index is -1.80. The molecule has 1 saturated heterocycles. The van der Waals surface area contributed by atoms with E-state index < -0.39 is 125 Å². The van der Waals surface area contributed by atoms with Crippen LogP contribution in [0.5, 0.6) is 0 Å². The second kappa shape index (κ2) is 30.0. The first-order valence-corrected chi connectivity index (χ1v) is 25.2. The van der Waals surface area contributed by atoms with Crippen molar-refractivity contribution in [3.8, 4) is 0 Å². The fraction of sp³-hybridized carbons (Fsp3) is 0.680. The smallest absolute Gasteiger partial charge is 0.407 e. The van der Waals surface area contributed by atoms with E-state index in [1.807, 2.05) is 0 Å². The third-order valence-corrected chi connectivity index (χ3v) is 10.6. The van der Waals surface area contributed by atoms with Gasteiger partial charge in [0.1, 0.15) is 59.1 Å². The largest absolute Gasteiger partial charge is 0.444 e. The van der Waals surface area contributed by atoms with Gasteiger partial charge in [-0.2, -0.15) is 0 Å². The lowest BCUT2D eigenvalue weighted by Gasteiger charge is -2.28. The lowest BCUT2D eigenvalue weighted by Crippen LogP contribution is -2.62. The van der Waals surface area contributed by atoms with Crippen molar-refractivity contribution in [1.82, 2.24) is 53.2 Å². The highest BCUT2D eigenvalue weighted by Crippen LogP contribution is 2.13. The van der Waals surface area contributed by atoms with Crippen LogP contribution >= 0.6 is 0 Å². The third-order valence-electron chi connectivity index (χ3n) is 10.6. The molecule has 25 heteroatoms. The monoisotopic (exact) mass is 1060 g/mol. The summed E-state index contributed by atoms with van der Waals surface area (Å²) in [5.74, 6) is -6.93. The van der Waals surface area contributed by atoms with E-state index in [4.69, 9.17) is 19.9 Å². The maximum absolute atomic E-state index is 14.5. The quantitative estimate of drug-likeness (QED) is 0.0982. The van der Waals surface area contributed by atoms with E-state index in [1.54, 1.807) is 106 Å². The highest BCUT2D eigenvalue weighted by molar-refractivity contribution is 5.98. The summed E-state index contributed by atoms with van der Waals surface area (Å²) in [6, 6.07) is -2.13. The Kier molecular flexibility index (Phi) is 25.7. The van der Waals surface area contributed by atoms with Crippen molar-refractivity contribution in [2.45, 2.75) is 187 Å². The molecular formula is C50H83N11O14. The lowest BCUT2D eigenvalue weighted by molar-refractivity contribution is -0.137. The molecule has 8 atom stereocenters. The van der Waals surface area contributed by atoms with Gasteiger partial charge in [0.05, 0.1) is 6.10 Å². The number of nitrogens with two attached hydrogens (primary N) is 1. The number of amides is 10. The molecule has 25 nitrogen and oxygen atoms in total. The SMILES string of the molecule is CC(C)C[C@@H]1NC(=O)[C@@H](Cc2ccccc2)NC(=O)[C@H](CCNC(=O)OC(C)(C)C)NC(=O)[C@H](CCN)NC(=O)[C@H]([C@@H](C)O)NC(=O)[C@H](CCNC(=O)OC(C)(C)C)NC(=O)[C@H](CCNC(=O)OC(C)(C)C)NC1=O.